The lowest BCUT2D eigenvalue weighted by atomic mass is 10.2. The van der Waals surface area contributed by atoms with Crippen LogP contribution in [0.15, 0.2) is 30.3 Å². The smallest absolute Gasteiger partial charge is 0.272 e. The molecular formula is C21H28N4O. The molecule has 0 unspecified atom stereocenters. The molecule has 0 N–H and O–H groups in total. The summed E-state index contributed by atoms with van der Waals surface area (Å²) >= 11 is 0. The van der Waals surface area contributed by atoms with Crippen molar-refractivity contribution in [2.24, 2.45) is 0 Å². The first kappa shape index (κ1) is 18.4. The van der Waals surface area contributed by atoms with E-state index in [1.54, 1.807) is 6.07 Å². The summed E-state index contributed by atoms with van der Waals surface area (Å²) in [6, 6.07) is 10.1. The van der Waals surface area contributed by atoms with Gasteiger partial charge in [-0.2, -0.15) is 0 Å². The highest BCUT2D eigenvalue weighted by molar-refractivity contribution is 5.92. The molecular weight excluding hydrogens is 324 g/mol. The van der Waals surface area contributed by atoms with Crippen LogP contribution in [0.2, 0.25) is 0 Å². The third-order valence-corrected chi connectivity index (χ3v) is 4.83. The zero-order chi connectivity index (χ0) is 18.5. The van der Waals surface area contributed by atoms with Gasteiger partial charge in [0.15, 0.2) is 0 Å². The zero-order valence-electron chi connectivity index (χ0n) is 16.0. The van der Waals surface area contributed by atoms with Crippen LogP contribution in [0.4, 0.5) is 11.6 Å². The SMILES string of the molecule is CCN(c1cccc(C)c1)c1nc(C)cc(C(=O)N2CCCCCC2)n1. The summed E-state index contributed by atoms with van der Waals surface area (Å²) in [6.07, 6.45) is 4.56. The number of hydrogen-bond acceptors (Lipinski definition) is 4. The molecule has 0 aliphatic carbocycles. The molecule has 1 fully saturated rings. The Morgan fingerprint density at radius 3 is 2.46 bits per heavy atom. The maximum absolute atomic E-state index is 13.0. The molecule has 1 saturated heterocycles. The summed E-state index contributed by atoms with van der Waals surface area (Å²) < 4.78 is 0. The van der Waals surface area contributed by atoms with Crippen LogP contribution in [0.3, 0.4) is 0 Å². The quantitative estimate of drug-likeness (QED) is 0.824. The van der Waals surface area contributed by atoms with E-state index in [0.717, 1.165) is 43.9 Å². The van der Waals surface area contributed by atoms with E-state index in [1.165, 1.54) is 18.4 Å². The van der Waals surface area contributed by atoms with Crippen LogP contribution in [0.5, 0.6) is 0 Å². The van der Waals surface area contributed by atoms with Gasteiger partial charge in [0.05, 0.1) is 0 Å². The van der Waals surface area contributed by atoms with Crippen LogP contribution in [0.1, 0.15) is 54.4 Å². The number of aryl methyl sites for hydroxylation is 2. The molecule has 0 saturated carbocycles. The van der Waals surface area contributed by atoms with E-state index in [9.17, 15) is 4.79 Å². The molecule has 0 bridgehead atoms. The number of carbonyl (C=O) groups excluding carboxylic acids is 1. The lowest BCUT2D eigenvalue weighted by Crippen LogP contribution is -2.33. The molecule has 2 aromatic rings. The topological polar surface area (TPSA) is 49.3 Å². The number of likely N-dealkylation sites (tertiary alicyclic amines) is 1. The van der Waals surface area contributed by atoms with E-state index in [4.69, 9.17) is 0 Å². The molecule has 1 aliphatic rings. The number of nitrogens with zero attached hydrogens (tertiary/aromatic N) is 4. The molecule has 1 aromatic carbocycles. The largest absolute Gasteiger partial charge is 0.337 e. The van der Waals surface area contributed by atoms with Crippen molar-refractivity contribution in [1.29, 1.82) is 0 Å². The number of carbonyl (C=O) groups is 1. The summed E-state index contributed by atoms with van der Waals surface area (Å²) in [5, 5.41) is 0. The Hall–Kier alpha value is -2.43. The van der Waals surface area contributed by atoms with Gasteiger partial charge in [0.1, 0.15) is 5.69 Å². The van der Waals surface area contributed by atoms with Gasteiger partial charge in [0.25, 0.3) is 5.91 Å². The number of aromatic nitrogens is 2. The second-order valence-electron chi connectivity index (χ2n) is 6.98. The van der Waals surface area contributed by atoms with Crippen LogP contribution < -0.4 is 4.90 Å². The van der Waals surface area contributed by atoms with E-state index >= 15 is 0 Å². The molecule has 0 atom stereocenters. The highest BCUT2D eigenvalue weighted by Gasteiger charge is 2.21. The zero-order valence-corrected chi connectivity index (χ0v) is 16.0. The Kier molecular flexibility index (Phi) is 5.86. The highest BCUT2D eigenvalue weighted by atomic mass is 16.2. The molecule has 26 heavy (non-hydrogen) atoms. The Labute approximate surface area is 156 Å². The van der Waals surface area contributed by atoms with Gasteiger partial charge in [-0.25, -0.2) is 9.97 Å². The van der Waals surface area contributed by atoms with Gasteiger partial charge >= 0.3 is 0 Å². The number of amides is 1. The molecule has 0 radical (unpaired) electrons. The third-order valence-electron chi connectivity index (χ3n) is 4.83. The van der Waals surface area contributed by atoms with Crippen LogP contribution in [0.25, 0.3) is 0 Å². The minimum Gasteiger partial charge on any atom is -0.337 e. The molecule has 5 nitrogen and oxygen atoms in total. The number of hydrogen-bond donors (Lipinski definition) is 0. The maximum Gasteiger partial charge on any atom is 0.272 e. The molecule has 0 spiro atoms. The predicted octanol–water partition coefficient (Wildman–Crippen LogP) is 4.27. The van der Waals surface area contributed by atoms with Gasteiger partial charge in [-0.3, -0.25) is 4.79 Å². The van der Waals surface area contributed by atoms with E-state index in [0.29, 0.717) is 11.6 Å². The van der Waals surface area contributed by atoms with Gasteiger partial charge in [0, 0.05) is 31.0 Å². The van der Waals surface area contributed by atoms with Crippen molar-refractivity contribution in [1.82, 2.24) is 14.9 Å². The summed E-state index contributed by atoms with van der Waals surface area (Å²) in [6.45, 7) is 8.46. The average Bonchev–Trinajstić information content (AvgIpc) is 2.91. The second kappa shape index (κ2) is 8.30. The minimum absolute atomic E-state index is 0.0268. The molecule has 2 heterocycles. The van der Waals surface area contributed by atoms with Crippen molar-refractivity contribution in [3.8, 4) is 0 Å². The monoisotopic (exact) mass is 352 g/mol. The van der Waals surface area contributed by atoms with Gasteiger partial charge in [-0.1, -0.05) is 25.0 Å². The van der Waals surface area contributed by atoms with E-state index in [2.05, 4.69) is 46.9 Å². The van der Waals surface area contributed by atoms with E-state index in [-0.39, 0.29) is 5.91 Å². The Balaban J connectivity index is 1.92. The first-order valence-electron chi connectivity index (χ1n) is 9.57. The molecule has 3 rings (SSSR count). The standard InChI is InChI=1S/C21H28N4O/c1-4-25(18-11-9-10-16(2)14-18)21-22-17(3)15-19(23-21)20(26)24-12-7-5-6-8-13-24/h9-11,14-15H,4-8,12-13H2,1-3H3. The van der Waals surface area contributed by atoms with Crippen molar-refractivity contribution < 1.29 is 4.79 Å². The molecule has 5 heteroatoms. The fraction of sp³-hybridized carbons (Fsp3) is 0.476. The van der Waals surface area contributed by atoms with Gasteiger partial charge in [-0.15, -0.1) is 0 Å². The summed E-state index contributed by atoms with van der Waals surface area (Å²) in [5.74, 6) is 0.621. The van der Waals surface area contributed by atoms with Crippen molar-refractivity contribution in [3.63, 3.8) is 0 Å². The van der Waals surface area contributed by atoms with Crippen LogP contribution >= 0.6 is 0 Å². The molecule has 1 amide bonds. The van der Waals surface area contributed by atoms with E-state index in [1.807, 2.05) is 17.9 Å². The summed E-state index contributed by atoms with van der Waals surface area (Å²) in [4.78, 5) is 26.2. The van der Waals surface area contributed by atoms with Crippen LogP contribution in [-0.4, -0.2) is 40.4 Å². The van der Waals surface area contributed by atoms with Gasteiger partial charge in [0.2, 0.25) is 5.95 Å². The third kappa shape index (κ3) is 4.21. The number of rotatable bonds is 4. The lowest BCUT2D eigenvalue weighted by Gasteiger charge is -2.24. The Morgan fingerprint density at radius 1 is 1.08 bits per heavy atom. The van der Waals surface area contributed by atoms with Gasteiger partial charge < -0.3 is 9.80 Å². The fourth-order valence-corrected chi connectivity index (χ4v) is 3.45. The van der Waals surface area contributed by atoms with Crippen molar-refractivity contribution >= 4 is 17.5 Å². The van der Waals surface area contributed by atoms with E-state index < -0.39 is 0 Å². The lowest BCUT2D eigenvalue weighted by molar-refractivity contribution is 0.0755. The fourth-order valence-electron chi connectivity index (χ4n) is 3.45. The Morgan fingerprint density at radius 2 is 1.81 bits per heavy atom. The number of anilines is 2. The van der Waals surface area contributed by atoms with Crippen LogP contribution in [0, 0.1) is 13.8 Å². The first-order valence-corrected chi connectivity index (χ1v) is 9.57. The second-order valence-corrected chi connectivity index (χ2v) is 6.98. The van der Waals surface area contributed by atoms with Crippen molar-refractivity contribution in [2.75, 3.05) is 24.5 Å². The van der Waals surface area contributed by atoms with Gasteiger partial charge in [-0.05, 0) is 57.4 Å². The molecule has 1 aliphatic heterocycles. The summed E-state index contributed by atoms with van der Waals surface area (Å²) in [5.41, 5.74) is 3.56. The average molecular weight is 352 g/mol. The Bertz CT molecular complexity index is 766. The summed E-state index contributed by atoms with van der Waals surface area (Å²) in [7, 11) is 0. The minimum atomic E-state index is 0.0268. The van der Waals surface area contributed by atoms with Crippen molar-refractivity contribution in [2.45, 2.75) is 46.5 Å². The predicted molar refractivity (Wildman–Crippen MR) is 105 cm³/mol. The number of benzene rings is 1. The van der Waals surface area contributed by atoms with Crippen LogP contribution in [-0.2, 0) is 0 Å². The molecule has 138 valence electrons. The normalized spacial score (nSPS) is 14.8. The first-order chi connectivity index (χ1) is 12.6. The highest BCUT2D eigenvalue weighted by Crippen LogP contribution is 2.24. The molecule has 1 aromatic heterocycles. The van der Waals surface area contributed by atoms with Crippen molar-refractivity contribution in [3.05, 3.63) is 47.3 Å². The maximum atomic E-state index is 13.0.